The first-order chi connectivity index (χ1) is 9.97. The van der Waals surface area contributed by atoms with Gasteiger partial charge in [0.2, 0.25) is 5.91 Å². The van der Waals surface area contributed by atoms with E-state index in [9.17, 15) is 14.3 Å². The van der Waals surface area contributed by atoms with Crippen molar-refractivity contribution < 1.29 is 14.3 Å². The fraction of sp³-hybridized carbons (Fsp3) is 0.588. The van der Waals surface area contributed by atoms with E-state index in [1.807, 2.05) is 0 Å². The molecule has 1 aliphatic rings. The number of rotatable bonds is 7. The Hall–Kier alpha value is -1.42. The van der Waals surface area contributed by atoms with Crippen molar-refractivity contribution in [3.05, 3.63) is 35.6 Å². The van der Waals surface area contributed by atoms with E-state index in [0.29, 0.717) is 24.4 Å². The highest BCUT2D eigenvalue weighted by Crippen LogP contribution is 2.30. The Labute approximate surface area is 125 Å². The summed E-state index contributed by atoms with van der Waals surface area (Å²) in [4.78, 5) is 14.1. The van der Waals surface area contributed by atoms with Gasteiger partial charge in [-0.05, 0) is 42.9 Å². The summed E-state index contributed by atoms with van der Waals surface area (Å²) in [6, 6.07) is 6.09. The van der Waals surface area contributed by atoms with Gasteiger partial charge in [0, 0.05) is 12.5 Å². The molecule has 0 spiro atoms. The van der Waals surface area contributed by atoms with Crippen LogP contribution >= 0.6 is 0 Å². The zero-order valence-corrected chi connectivity index (χ0v) is 12.8. The Bertz CT molecular complexity index is 468. The summed E-state index contributed by atoms with van der Waals surface area (Å²) in [7, 11) is 0. The van der Waals surface area contributed by atoms with E-state index < -0.39 is 6.10 Å². The zero-order valence-electron chi connectivity index (χ0n) is 12.8. The van der Waals surface area contributed by atoms with E-state index in [2.05, 4.69) is 13.8 Å². The molecule has 3 nitrogen and oxygen atoms in total. The van der Waals surface area contributed by atoms with E-state index in [0.717, 1.165) is 19.3 Å². The topological polar surface area (TPSA) is 40.5 Å². The molecule has 1 amide bonds. The molecule has 4 heteroatoms. The van der Waals surface area contributed by atoms with Crippen LogP contribution in [-0.4, -0.2) is 28.5 Å². The van der Waals surface area contributed by atoms with Gasteiger partial charge in [-0.25, -0.2) is 4.39 Å². The summed E-state index contributed by atoms with van der Waals surface area (Å²) < 4.78 is 12.9. The summed E-state index contributed by atoms with van der Waals surface area (Å²) in [5.41, 5.74) is 0.652. The molecule has 0 aromatic heterocycles. The van der Waals surface area contributed by atoms with Crippen molar-refractivity contribution in [2.45, 2.75) is 51.7 Å². The van der Waals surface area contributed by atoms with Crippen LogP contribution in [0.4, 0.5) is 4.39 Å². The largest absolute Gasteiger partial charge is 0.387 e. The van der Waals surface area contributed by atoms with Crippen molar-refractivity contribution >= 4 is 5.91 Å². The quantitative estimate of drug-likeness (QED) is 0.838. The molecular weight excluding hydrogens is 269 g/mol. The molecule has 0 radical (unpaired) electrons. The average molecular weight is 293 g/mol. The predicted molar refractivity (Wildman–Crippen MR) is 80.2 cm³/mol. The molecule has 1 aliphatic carbocycles. The summed E-state index contributed by atoms with van der Waals surface area (Å²) in [6.07, 6.45) is 2.68. The Morgan fingerprint density at radius 2 is 1.95 bits per heavy atom. The van der Waals surface area contributed by atoms with E-state index >= 15 is 0 Å². The third-order valence-electron chi connectivity index (χ3n) is 3.87. The van der Waals surface area contributed by atoms with Crippen LogP contribution in [-0.2, 0) is 4.79 Å². The number of aliphatic hydroxyl groups is 1. The molecule has 1 saturated carbocycles. The lowest BCUT2D eigenvalue weighted by atomic mass is 10.1. The molecule has 0 aliphatic heterocycles. The maximum Gasteiger partial charge on any atom is 0.222 e. The van der Waals surface area contributed by atoms with Crippen LogP contribution in [0.2, 0.25) is 0 Å². The molecule has 1 atom stereocenters. The molecule has 2 rings (SSSR count). The first-order valence-electron chi connectivity index (χ1n) is 7.70. The number of nitrogens with zero attached hydrogens (tertiary/aromatic N) is 1. The second kappa shape index (κ2) is 7.03. The lowest BCUT2D eigenvalue weighted by molar-refractivity contribution is -0.133. The van der Waals surface area contributed by atoms with Gasteiger partial charge < -0.3 is 10.0 Å². The number of carbonyl (C=O) groups excluding carboxylic acids is 1. The van der Waals surface area contributed by atoms with Gasteiger partial charge in [-0.15, -0.1) is 0 Å². The Morgan fingerprint density at radius 3 is 2.48 bits per heavy atom. The van der Waals surface area contributed by atoms with Crippen LogP contribution in [0.25, 0.3) is 0 Å². The average Bonchev–Trinajstić information content (AvgIpc) is 3.27. The van der Waals surface area contributed by atoms with E-state index in [1.54, 1.807) is 17.0 Å². The van der Waals surface area contributed by atoms with E-state index in [1.165, 1.54) is 12.1 Å². The van der Waals surface area contributed by atoms with Crippen LogP contribution < -0.4 is 0 Å². The van der Waals surface area contributed by atoms with Gasteiger partial charge in [0.25, 0.3) is 0 Å². The molecule has 0 heterocycles. The van der Waals surface area contributed by atoms with Gasteiger partial charge in [-0.3, -0.25) is 4.79 Å². The van der Waals surface area contributed by atoms with Crippen molar-refractivity contribution in [3.8, 4) is 0 Å². The maximum atomic E-state index is 12.9. The molecule has 1 N–H and O–H groups in total. The van der Waals surface area contributed by atoms with Gasteiger partial charge >= 0.3 is 0 Å². The number of carbonyl (C=O) groups is 1. The molecule has 0 bridgehead atoms. The maximum absolute atomic E-state index is 12.9. The lowest BCUT2D eigenvalue weighted by Gasteiger charge is -2.26. The van der Waals surface area contributed by atoms with Gasteiger partial charge in [0.05, 0.1) is 12.6 Å². The Kier molecular flexibility index (Phi) is 5.34. The minimum atomic E-state index is -0.755. The highest BCUT2D eigenvalue weighted by Gasteiger charge is 2.33. The van der Waals surface area contributed by atoms with E-state index in [4.69, 9.17) is 0 Å². The SMILES string of the molecule is CC(C)CCC(=O)N(CC(O)c1ccc(F)cc1)C1CC1. The molecule has 1 aromatic carbocycles. The van der Waals surface area contributed by atoms with Crippen LogP contribution in [0.3, 0.4) is 0 Å². The number of hydrogen-bond acceptors (Lipinski definition) is 2. The molecule has 116 valence electrons. The van der Waals surface area contributed by atoms with Crippen LogP contribution in [0.1, 0.15) is 51.2 Å². The van der Waals surface area contributed by atoms with Gasteiger partial charge in [-0.1, -0.05) is 26.0 Å². The fourth-order valence-electron chi connectivity index (χ4n) is 2.37. The summed E-state index contributed by atoms with van der Waals surface area (Å²) in [5.74, 6) is 0.294. The monoisotopic (exact) mass is 293 g/mol. The van der Waals surface area contributed by atoms with Crippen molar-refractivity contribution in [1.82, 2.24) is 4.90 Å². The molecule has 1 aromatic rings. The van der Waals surface area contributed by atoms with Crippen molar-refractivity contribution in [2.24, 2.45) is 5.92 Å². The standard InChI is InChI=1S/C17H24FNO2/c1-12(2)3-10-17(21)19(15-8-9-15)11-16(20)13-4-6-14(18)7-5-13/h4-7,12,15-16,20H,3,8-11H2,1-2H3. The van der Waals surface area contributed by atoms with Crippen LogP contribution in [0.5, 0.6) is 0 Å². The number of aliphatic hydroxyl groups excluding tert-OH is 1. The minimum absolute atomic E-state index is 0.118. The Morgan fingerprint density at radius 1 is 1.33 bits per heavy atom. The lowest BCUT2D eigenvalue weighted by Crippen LogP contribution is -2.36. The molecule has 1 fully saturated rings. The number of hydrogen-bond donors (Lipinski definition) is 1. The normalized spacial score (nSPS) is 16.0. The van der Waals surface area contributed by atoms with E-state index in [-0.39, 0.29) is 17.8 Å². The third kappa shape index (κ3) is 4.81. The van der Waals surface area contributed by atoms with Gasteiger partial charge in [-0.2, -0.15) is 0 Å². The van der Waals surface area contributed by atoms with Crippen molar-refractivity contribution in [2.75, 3.05) is 6.54 Å². The molecule has 0 saturated heterocycles. The third-order valence-corrected chi connectivity index (χ3v) is 3.87. The van der Waals surface area contributed by atoms with Crippen molar-refractivity contribution in [3.63, 3.8) is 0 Å². The van der Waals surface area contributed by atoms with Gasteiger partial charge in [0.15, 0.2) is 0 Å². The number of amides is 1. The second-order valence-electron chi connectivity index (χ2n) is 6.28. The molecule has 21 heavy (non-hydrogen) atoms. The van der Waals surface area contributed by atoms with Crippen LogP contribution in [0, 0.1) is 11.7 Å². The minimum Gasteiger partial charge on any atom is -0.387 e. The predicted octanol–water partition coefficient (Wildman–Crippen LogP) is 3.29. The molecule has 1 unspecified atom stereocenters. The zero-order chi connectivity index (χ0) is 15.4. The van der Waals surface area contributed by atoms with Crippen LogP contribution in [0.15, 0.2) is 24.3 Å². The Balaban J connectivity index is 1.95. The second-order valence-corrected chi connectivity index (χ2v) is 6.28. The summed E-state index contributed by atoms with van der Waals surface area (Å²) in [6.45, 7) is 4.50. The summed E-state index contributed by atoms with van der Waals surface area (Å²) in [5, 5.41) is 10.3. The first kappa shape index (κ1) is 16.0. The molecular formula is C17H24FNO2. The fourth-order valence-corrected chi connectivity index (χ4v) is 2.37. The smallest absolute Gasteiger partial charge is 0.222 e. The first-order valence-corrected chi connectivity index (χ1v) is 7.70. The number of halogens is 1. The summed E-state index contributed by atoms with van der Waals surface area (Å²) >= 11 is 0. The highest BCUT2D eigenvalue weighted by atomic mass is 19.1. The van der Waals surface area contributed by atoms with Gasteiger partial charge in [0.1, 0.15) is 5.82 Å². The highest BCUT2D eigenvalue weighted by molar-refractivity contribution is 5.77. The number of benzene rings is 1. The van der Waals surface area contributed by atoms with Crippen molar-refractivity contribution in [1.29, 1.82) is 0 Å².